The quantitative estimate of drug-likeness (QED) is 0.391. The minimum atomic E-state index is -0.320. The van der Waals surface area contributed by atoms with E-state index in [9.17, 15) is 4.79 Å². The van der Waals surface area contributed by atoms with Crippen molar-refractivity contribution in [1.82, 2.24) is 0 Å². The van der Waals surface area contributed by atoms with Gasteiger partial charge >= 0.3 is 5.97 Å². The molecule has 0 radical (unpaired) electrons. The molecule has 0 saturated carbocycles. The Balaban J connectivity index is 1.44. The fourth-order valence-electron chi connectivity index (χ4n) is 4.09. The summed E-state index contributed by atoms with van der Waals surface area (Å²) in [5.74, 6) is 1.05. The molecule has 0 aliphatic carbocycles. The molecule has 0 amide bonds. The molecule has 0 unspecified atom stereocenters. The molecule has 1 aliphatic rings. The van der Waals surface area contributed by atoms with Crippen molar-refractivity contribution in [2.75, 3.05) is 50.2 Å². The molecule has 1 fully saturated rings. The molecule has 190 valence electrons. The minimum absolute atomic E-state index is 0.320. The normalized spacial score (nSPS) is 13.2. The highest BCUT2D eigenvalue weighted by atomic mass is 16.5. The lowest BCUT2D eigenvalue weighted by molar-refractivity contribution is 0.0526. The van der Waals surface area contributed by atoms with Gasteiger partial charge in [0.2, 0.25) is 0 Å². The molecule has 3 aromatic carbocycles. The average Bonchev–Trinajstić information content (AvgIpc) is 2.92. The molecule has 1 heterocycles. The van der Waals surface area contributed by atoms with Crippen LogP contribution < -0.4 is 19.7 Å². The van der Waals surface area contributed by atoms with Gasteiger partial charge in [-0.05, 0) is 55.3 Å². The van der Waals surface area contributed by atoms with Gasteiger partial charge in [-0.3, -0.25) is 0 Å². The van der Waals surface area contributed by atoms with Crippen molar-refractivity contribution in [2.24, 2.45) is 0 Å². The fourth-order valence-corrected chi connectivity index (χ4v) is 4.09. The number of hydrogen-bond acceptors (Lipinski definition) is 7. The molecule has 1 N–H and O–H groups in total. The molecule has 1 aliphatic heterocycles. The van der Waals surface area contributed by atoms with Crippen LogP contribution in [-0.2, 0) is 22.6 Å². The van der Waals surface area contributed by atoms with Crippen LogP contribution in [0.5, 0.6) is 11.5 Å². The van der Waals surface area contributed by atoms with Crippen LogP contribution >= 0.6 is 0 Å². The van der Waals surface area contributed by atoms with Gasteiger partial charge in [-0.25, -0.2) is 4.79 Å². The zero-order chi connectivity index (χ0) is 25.3. The molecule has 7 nitrogen and oxygen atoms in total. The Hall–Kier alpha value is -3.71. The summed E-state index contributed by atoms with van der Waals surface area (Å²) in [5.41, 5.74) is 5.63. The predicted octanol–water partition coefficient (Wildman–Crippen LogP) is 5.21. The Morgan fingerprint density at radius 3 is 2.44 bits per heavy atom. The van der Waals surface area contributed by atoms with E-state index in [4.69, 9.17) is 18.9 Å². The summed E-state index contributed by atoms with van der Waals surface area (Å²) < 4.78 is 22.4. The topological polar surface area (TPSA) is 69.3 Å². The first kappa shape index (κ1) is 25.4. The van der Waals surface area contributed by atoms with Crippen LogP contribution in [0.2, 0.25) is 0 Å². The van der Waals surface area contributed by atoms with E-state index in [0.29, 0.717) is 50.0 Å². The third kappa shape index (κ3) is 6.49. The van der Waals surface area contributed by atoms with Crippen molar-refractivity contribution in [3.05, 3.63) is 82.9 Å². The molecule has 7 heteroatoms. The smallest absolute Gasteiger partial charge is 0.340 e. The fraction of sp³-hybridized carbons (Fsp3) is 0.345. The van der Waals surface area contributed by atoms with Crippen LogP contribution in [-0.4, -0.2) is 46.0 Å². The number of anilines is 2. The number of hydrogen-bond donors (Lipinski definition) is 1. The molecule has 3 aromatic rings. The number of aryl methyl sites for hydroxylation is 1. The van der Waals surface area contributed by atoms with Gasteiger partial charge in [0.15, 0.2) is 11.5 Å². The second-order valence-corrected chi connectivity index (χ2v) is 8.66. The summed E-state index contributed by atoms with van der Waals surface area (Å²) in [4.78, 5) is 14.9. The largest absolute Gasteiger partial charge is 0.493 e. The van der Waals surface area contributed by atoms with Gasteiger partial charge in [-0.2, -0.15) is 0 Å². The van der Waals surface area contributed by atoms with E-state index in [1.54, 1.807) is 7.11 Å². The summed E-state index contributed by atoms with van der Waals surface area (Å²) in [5, 5.41) is 3.42. The molecule has 0 aromatic heterocycles. The van der Waals surface area contributed by atoms with Crippen LogP contribution in [0, 0.1) is 6.92 Å². The SMILES string of the molecule is CCOC(=O)c1cc(NCc2ccc(OCc3ccc(C)cc3)c(OC)c2)ccc1N1CCOCC1. The van der Waals surface area contributed by atoms with Gasteiger partial charge in [0.1, 0.15) is 6.61 Å². The van der Waals surface area contributed by atoms with Gasteiger partial charge < -0.3 is 29.2 Å². The number of rotatable bonds is 10. The van der Waals surface area contributed by atoms with E-state index >= 15 is 0 Å². The van der Waals surface area contributed by atoms with Gasteiger partial charge in [0, 0.05) is 25.3 Å². The van der Waals surface area contributed by atoms with Crippen molar-refractivity contribution >= 4 is 17.3 Å². The standard InChI is InChI=1S/C29H34N2O5/c1-4-35-29(32)25-18-24(10-11-26(25)31-13-15-34-16-14-31)30-19-23-9-12-27(28(17-23)33-3)36-20-22-7-5-21(2)6-8-22/h5-12,17-18,30H,4,13-16,19-20H2,1-3H3. The van der Waals surface area contributed by atoms with Crippen molar-refractivity contribution < 1.29 is 23.7 Å². The zero-order valence-electron chi connectivity index (χ0n) is 21.2. The molecule has 0 spiro atoms. The van der Waals surface area contributed by atoms with E-state index in [1.165, 1.54) is 5.56 Å². The number of carbonyl (C=O) groups excluding carboxylic acids is 1. The van der Waals surface area contributed by atoms with Crippen molar-refractivity contribution in [3.8, 4) is 11.5 Å². The molecule has 36 heavy (non-hydrogen) atoms. The van der Waals surface area contributed by atoms with Crippen molar-refractivity contribution in [1.29, 1.82) is 0 Å². The minimum Gasteiger partial charge on any atom is -0.493 e. The first-order chi connectivity index (χ1) is 17.6. The summed E-state index contributed by atoms with van der Waals surface area (Å²) in [6, 6.07) is 20.0. The number of nitrogens with zero attached hydrogens (tertiary/aromatic N) is 1. The Morgan fingerprint density at radius 2 is 1.72 bits per heavy atom. The third-order valence-electron chi connectivity index (χ3n) is 6.08. The van der Waals surface area contributed by atoms with Gasteiger partial charge in [-0.1, -0.05) is 35.9 Å². The van der Waals surface area contributed by atoms with Crippen LogP contribution in [0.3, 0.4) is 0 Å². The monoisotopic (exact) mass is 490 g/mol. The highest BCUT2D eigenvalue weighted by Crippen LogP contribution is 2.30. The third-order valence-corrected chi connectivity index (χ3v) is 6.08. The number of nitrogens with one attached hydrogen (secondary N) is 1. The van der Waals surface area contributed by atoms with E-state index in [1.807, 2.05) is 43.3 Å². The maximum atomic E-state index is 12.7. The van der Waals surface area contributed by atoms with Gasteiger partial charge in [0.05, 0.1) is 38.2 Å². The summed E-state index contributed by atoms with van der Waals surface area (Å²) in [6.07, 6.45) is 0. The molecule has 0 bridgehead atoms. The molecule has 0 atom stereocenters. The lowest BCUT2D eigenvalue weighted by atomic mass is 10.1. The maximum absolute atomic E-state index is 12.7. The van der Waals surface area contributed by atoms with Crippen LogP contribution in [0.15, 0.2) is 60.7 Å². The Morgan fingerprint density at radius 1 is 0.972 bits per heavy atom. The first-order valence-electron chi connectivity index (χ1n) is 12.3. The van der Waals surface area contributed by atoms with Crippen LogP contribution in [0.25, 0.3) is 0 Å². The molecule has 1 saturated heterocycles. The maximum Gasteiger partial charge on any atom is 0.340 e. The molecular formula is C29H34N2O5. The summed E-state index contributed by atoms with van der Waals surface area (Å²) in [7, 11) is 1.64. The van der Waals surface area contributed by atoms with E-state index < -0.39 is 0 Å². The molecular weight excluding hydrogens is 456 g/mol. The van der Waals surface area contributed by atoms with Gasteiger partial charge in [0.25, 0.3) is 0 Å². The number of esters is 1. The number of morpholine rings is 1. The average molecular weight is 491 g/mol. The first-order valence-corrected chi connectivity index (χ1v) is 12.3. The number of benzene rings is 3. The number of carbonyl (C=O) groups is 1. The Bertz CT molecular complexity index is 1160. The second kappa shape index (κ2) is 12.3. The second-order valence-electron chi connectivity index (χ2n) is 8.66. The van der Waals surface area contributed by atoms with E-state index in [-0.39, 0.29) is 5.97 Å². The van der Waals surface area contributed by atoms with E-state index in [2.05, 4.69) is 41.4 Å². The summed E-state index contributed by atoms with van der Waals surface area (Å²) >= 11 is 0. The van der Waals surface area contributed by atoms with Crippen LogP contribution in [0.4, 0.5) is 11.4 Å². The number of methoxy groups -OCH3 is 1. The van der Waals surface area contributed by atoms with Crippen LogP contribution in [0.1, 0.15) is 34.0 Å². The van der Waals surface area contributed by atoms with Crippen molar-refractivity contribution in [3.63, 3.8) is 0 Å². The van der Waals surface area contributed by atoms with Crippen molar-refractivity contribution in [2.45, 2.75) is 27.0 Å². The highest BCUT2D eigenvalue weighted by molar-refractivity contribution is 5.97. The Labute approximate surface area is 212 Å². The van der Waals surface area contributed by atoms with Gasteiger partial charge in [-0.15, -0.1) is 0 Å². The highest BCUT2D eigenvalue weighted by Gasteiger charge is 2.20. The lowest BCUT2D eigenvalue weighted by Crippen LogP contribution is -2.37. The van der Waals surface area contributed by atoms with E-state index in [0.717, 1.165) is 35.6 Å². The Kier molecular flexibility index (Phi) is 8.68. The zero-order valence-corrected chi connectivity index (χ0v) is 21.2. The lowest BCUT2D eigenvalue weighted by Gasteiger charge is -2.30. The predicted molar refractivity (Wildman–Crippen MR) is 141 cm³/mol. The molecule has 4 rings (SSSR count). The number of ether oxygens (including phenoxy) is 4. The summed E-state index contributed by atoms with van der Waals surface area (Å²) in [6.45, 7) is 8.04.